The molecule has 0 aliphatic heterocycles. The van der Waals surface area contributed by atoms with Gasteiger partial charge in [0.25, 0.3) is 5.91 Å². The van der Waals surface area contributed by atoms with Crippen LogP contribution < -0.4 is 11.1 Å². The summed E-state index contributed by atoms with van der Waals surface area (Å²) >= 11 is 0. The number of carbonyl (C=O) groups is 2. The molecular formula is C22H26N8O3. The molecule has 6 N–H and O–H groups in total. The third-order valence-electron chi connectivity index (χ3n) is 4.22. The van der Waals surface area contributed by atoms with Crippen LogP contribution in [0.1, 0.15) is 58.3 Å². The smallest absolute Gasteiger partial charge is 0.373 e. The van der Waals surface area contributed by atoms with Gasteiger partial charge in [0.15, 0.2) is 0 Å². The van der Waals surface area contributed by atoms with Crippen molar-refractivity contribution in [1.82, 2.24) is 35.7 Å². The molecule has 0 spiro atoms. The van der Waals surface area contributed by atoms with Crippen LogP contribution in [0, 0.1) is 0 Å². The summed E-state index contributed by atoms with van der Waals surface area (Å²) < 4.78 is 0. The van der Waals surface area contributed by atoms with E-state index in [1.54, 1.807) is 0 Å². The van der Waals surface area contributed by atoms with Crippen LogP contribution >= 0.6 is 0 Å². The van der Waals surface area contributed by atoms with Crippen molar-refractivity contribution in [2.75, 3.05) is 0 Å². The van der Waals surface area contributed by atoms with Crippen molar-refractivity contribution >= 4 is 11.9 Å². The van der Waals surface area contributed by atoms with Gasteiger partial charge in [-0.2, -0.15) is 10.2 Å². The molecule has 0 bridgehead atoms. The number of hydrogen-bond acceptors (Lipinski definition) is 7. The molecule has 0 saturated heterocycles. The molecule has 11 nitrogen and oxygen atoms in total. The topological polar surface area (TPSA) is 176 Å². The Labute approximate surface area is 190 Å². The SMILES string of the molecule is C[C@H](N)c1ccccc1.C[C@H](NC(=O)c1ncn[nH]1)c1ccccc1.O=C(O)c1ncn[nH]1. The number of hydrogen-bond donors (Lipinski definition) is 5. The maximum atomic E-state index is 11.6. The fourth-order valence-corrected chi connectivity index (χ4v) is 2.47. The maximum absolute atomic E-state index is 11.6. The number of carboxylic acids is 1. The third kappa shape index (κ3) is 8.71. The van der Waals surface area contributed by atoms with Gasteiger partial charge in [-0.3, -0.25) is 15.0 Å². The van der Waals surface area contributed by atoms with Gasteiger partial charge >= 0.3 is 5.97 Å². The molecule has 0 fully saturated rings. The van der Waals surface area contributed by atoms with Gasteiger partial charge in [-0.05, 0) is 25.0 Å². The van der Waals surface area contributed by atoms with E-state index in [2.05, 4.69) is 35.7 Å². The van der Waals surface area contributed by atoms with E-state index in [1.165, 1.54) is 11.9 Å². The molecule has 2 aromatic heterocycles. The summed E-state index contributed by atoms with van der Waals surface area (Å²) in [7, 11) is 0. The van der Waals surface area contributed by atoms with Crippen molar-refractivity contribution in [2.45, 2.75) is 25.9 Å². The van der Waals surface area contributed by atoms with E-state index in [0.29, 0.717) is 0 Å². The van der Waals surface area contributed by atoms with Gasteiger partial charge < -0.3 is 16.2 Å². The van der Waals surface area contributed by atoms with Crippen molar-refractivity contribution in [1.29, 1.82) is 0 Å². The predicted molar refractivity (Wildman–Crippen MR) is 121 cm³/mol. The van der Waals surface area contributed by atoms with Gasteiger partial charge in [0.2, 0.25) is 11.6 Å². The number of nitrogens with two attached hydrogens (primary N) is 1. The molecule has 11 heteroatoms. The highest BCUT2D eigenvalue weighted by molar-refractivity contribution is 5.90. The molecule has 4 rings (SSSR count). The average molecular weight is 451 g/mol. The number of aromatic carboxylic acids is 1. The summed E-state index contributed by atoms with van der Waals surface area (Å²) in [5, 5.41) is 22.6. The Morgan fingerprint density at radius 3 is 1.70 bits per heavy atom. The number of aromatic nitrogens is 6. The number of rotatable bonds is 5. The van der Waals surface area contributed by atoms with Crippen LogP contribution in [0.15, 0.2) is 73.3 Å². The van der Waals surface area contributed by atoms with Crippen molar-refractivity contribution in [3.05, 3.63) is 96.1 Å². The van der Waals surface area contributed by atoms with Crippen LogP contribution in [0.25, 0.3) is 0 Å². The van der Waals surface area contributed by atoms with E-state index in [9.17, 15) is 9.59 Å². The Hall–Kier alpha value is -4.38. The third-order valence-corrected chi connectivity index (χ3v) is 4.22. The Morgan fingerprint density at radius 2 is 1.33 bits per heavy atom. The second-order valence-corrected chi connectivity index (χ2v) is 6.78. The van der Waals surface area contributed by atoms with Gasteiger partial charge in [-0.25, -0.2) is 14.8 Å². The molecule has 0 radical (unpaired) electrons. The second kappa shape index (κ2) is 13.1. The molecule has 4 aromatic rings. The molecule has 0 saturated carbocycles. The number of carbonyl (C=O) groups excluding carboxylic acids is 1. The normalized spacial score (nSPS) is 11.6. The quantitative estimate of drug-likeness (QED) is 0.308. The lowest BCUT2D eigenvalue weighted by molar-refractivity contribution is 0.0683. The van der Waals surface area contributed by atoms with Crippen molar-refractivity contribution < 1.29 is 14.7 Å². The van der Waals surface area contributed by atoms with Crippen LogP contribution in [-0.4, -0.2) is 47.3 Å². The summed E-state index contributed by atoms with van der Waals surface area (Å²) in [6.07, 6.45) is 2.45. The van der Waals surface area contributed by atoms with Crippen molar-refractivity contribution in [3.8, 4) is 0 Å². The molecule has 172 valence electrons. The number of benzene rings is 2. The highest BCUT2D eigenvalue weighted by Gasteiger charge is 2.12. The zero-order valence-electron chi connectivity index (χ0n) is 18.2. The van der Waals surface area contributed by atoms with E-state index >= 15 is 0 Å². The molecule has 1 amide bonds. The van der Waals surface area contributed by atoms with Crippen LogP contribution in [-0.2, 0) is 0 Å². The first-order chi connectivity index (χ1) is 15.9. The molecule has 0 unspecified atom stereocenters. The number of aromatic amines is 2. The van der Waals surface area contributed by atoms with E-state index in [0.717, 1.165) is 11.9 Å². The van der Waals surface area contributed by atoms with E-state index in [-0.39, 0.29) is 29.6 Å². The zero-order valence-corrected chi connectivity index (χ0v) is 18.2. The van der Waals surface area contributed by atoms with Crippen LogP contribution in [0.2, 0.25) is 0 Å². The largest absolute Gasteiger partial charge is 0.475 e. The van der Waals surface area contributed by atoms with Crippen molar-refractivity contribution in [2.24, 2.45) is 5.73 Å². The molecule has 0 aliphatic carbocycles. The average Bonchev–Trinajstić information content (AvgIpc) is 3.56. The van der Waals surface area contributed by atoms with Crippen LogP contribution in [0.4, 0.5) is 0 Å². The molecule has 33 heavy (non-hydrogen) atoms. The fraction of sp³-hybridized carbons (Fsp3) is 0.182. The number of H-pyrrole nitrogens is 2. The molecule has 0 aliphatic rings. The lowest BCUT2D eigenvalue weighted by Crippen LogP contribution is -2.27. The van der Waals surface area contributed by atoms with E-state index in [4.69, 9.17) is 10.8 Å². The molecule has 2 heterocycles. The minimum Gasteiger partial charge on any atom is -0.475 e. The minimum atomic E-state index is -1.09. The number of nitrogens with one attached hydrogen (secondary N) is 3. The number of carboxylic acid groups (broad SMARTS) is 1. The summed E-state index contributed by atoms with van der Waals surface area (Å²) in [6.45, 7) is 3.90. The second-order valence-electron chi connectivity index (χ2n) is 6.78. The zero-order chi connectivity index (χ0) is 24.1. The van der Waals surface area contributed by atoms with Gasteiger partial charge in [-0.15, -0.1) is 0 Å². The van der Waals surface area contributed by atoms with Crippen LogP contribution in [0.3, 0.4) is 0 Å². The van der Waals surface area contributed by atoms with Gasteiger partial charge in [0, 0.05) is 6.04 Å². The van der Waals surface area contributed by atoms with Gasteiger partial charge in [0.1, 0.15) is 12.7 Å². The first-order valence-electron chi connectivity index (χ1n) is 9.98. The minimum absolute atomic E-state index is 0.0567. The van der Waals surface area contributed by atoms with E-state index in [1.807, 2.05) is 74.5 Å². The predicted octanol–water partition coefficient (Wildman–Crippen LogP) is 2.50. The highest BCUT2D eigenvalue weighted by atomic mass is 16.4. The Bertz CT molecular complexity index is 1070. The summed E-state index contributed by atoms with van der Waals surface area (Å²) in [5.74, 6) is -1.26. The Morgan fingerprint density at radius 1 is 0.848 bits per heavy atom. The molecule has 2 atom stereocenters. The first-order valence-corrected chi connectivity index (χ1v) is 9.98. The lowest BCUT2D eigenvalue weighted by atomic mass is 10.1. The monoisotopic (exact) mass is 450 g/mol. The van der Waals surface area contributed by atoms with Crippen LogP contribution in [0.5, 0.6) is 0 Å². The Balaban J connectivity index is 0.000000192. The maximum Gasteiger partial charge on any atom is 0.373 e. The highest BCUT2D eigenvalue weighted by Crippen LogP contribution is 2.11. The Kier molecular flexibility index (Phi) is 9.90. The van der Waals surface area contributed by atoms with Gasteiger partial charge in [-0.1, -0.05) is 60.7 Å². The van der Waals surface area contributed by atoms with Gasteiger partial charge in [0.05, 0.1) is 6.04 Å². The van der Waals surface area contributed by atoms with E-state index < -0.39 is 5.97 Å². The summed E-state index contributed by atoms with van der Waals surface area (Å²) in [4.78, 5) is 28.7. The fourth-order valence-electron chi connectivity index (χ4n) is 2.47. The standard InChI is InChI=1S/C11H12N4O.C8H11N.C3H3N3O2/c1-8(9-5-3-2-4-6-9)14-11(16)10-12-7-13-15-10;1-7(9)8-5-3-2-4-6-8;7-3(8)2-4-1-5-6-2/h2-8H,1H3,(H,14,16)(H,12,13,15);2-7H,9H2,1H3;1H,(H,7,8)(H,4,5,6)/t8-;7-;/m00./s1. The number of nitrogens with zero attached hydrogens (tertiary/aromatic N) is 4. The number of amides is 1. The summed E-state index contributed by atoms with van der Waals surface area (Å²) in [6, 6.07) is 19.9. The lowest BCUT2D eigenvalue weighted by Gasteiger charge is -2.12. The first kappa shape index (κ1) is 24.9. The van der Waals surface area contributed by atoms with Crippen molar-refractivity contribution in [3.63, 3.8) is 0 Å². The molecule has 2 aromatic carbocycles. The summed E-state index contributed by atoms with van der Waals surface area (Å²) in [5.41, 5.74) is 7.86. The molecular weight excluding hydrogens is 424 g/mol.